The van der Waals surface area contributed by atoms with Crippen LogP contribution in [0.4, 0.5) is 0 Å². The van der Waals surface area contributed by atoms with Crippen LogP contribution in [0.5, 0.6) is 17.2 Å². The number of nitrogens with zero attached hydrogens (tertiary/aromatic N) is 2. The molecule has 4 rings (SSSR count). The Morgan fingerprint density at radius 2 is 1.75 bits per heavy atom. The van der Waals surface area contributed by atoms with Crippen molar-refractivity contribution in [2.75, 3.05) is 0 Å². The average Bonchev–Trinajstić information content (AvgIpc) is 3.15. The Hall–Kier alpha value is -4.13. The molecule has 2 aromatic carbocycles. The summed E-state index contributed by atoms with van der Waals surface area (Å²) in [6, 6.07) is 17.8. The highest BCUT2D eigenvalue weighted by molar-refractivity contribution is 5.89. The molecule has 0 spiro atoms. The van der Waals surface area contributed by atoms with E-state index in [0.717, 1.165) is 22.6 Å². The lowest BCUT2D eigenvalue weighted by Gasteiger charge is -2.11. The van der Waals surface area contributed by atoms with Crippen molar-refractivity contribution >= 4 is 5.97 Å². The van der Waals surface area contributed by atoms with E-state index in [-0.39, 0.29) is 6.61 Å². The van der Waals surface area contributed by atoms with E-state index in [9.17, 15) is 4.79 Å². The lowest BCUT2D eigenvalue weighted by atomic mass is 10.2. The predicted molar refractivity (Wildman–Crippen MR) is 117 cm³/mol. The average molecular weight is 430 g/mol. The summed E-state index contributed by atoms with van der Waals surface area (Å²) in [4.78, 5) is 16.5. The summed E-state index contributed by atoms with van der Waals surface area (Å²) in [5, 5.41) is 3.91. The van der Waals surface area contributed by atoms with Crippen LogP contribution in [-0.2, 0) is 18.0 Å². The molecule has 7 nitrogen and oxygen atoms in total. The standard InChI is InChI=1S/C25H22N2O5/c1-17-23(18(2)32-27-17)16-29-21-11-9-19(10-12-21)25(28)30-15-20-6-3-4-8-24(20)31-22-7-5-13-26-14-22/h3-14H,15-16H2,1-2H3. The van der Waals surface area contributed by atoms with Crippen molar-refractivity contribution in [3.63, 3.8) is 0 Å². The van der Waals surface area contributed by atoms with Gasteiger partial charge in [0.05, 0.1) is 23.0 Å². The Morgan fingerprint density at radius 1 is 0.938 bits per heavy atom. The van der Waals surface area contributed by atoms with Crippen molar-refractivity contribution < 1.29 is 23.5 Å². The Balaban J connectivity index is 1.35. The molecule has 0 saturated carbocycles. The maximum absolute atomic E-state index is 12.5. The van der Waals surface area contributed by atoms with Gasteiger partial charge in [-0.05, 0) is 56.3 Å². The van der Waals surface area contributed by atoms with Crippen LogP contribution in [0.2, 0.25) is 0 Å². The highest BCUT2D eigenvalue weighted by atomic mass is 16.5. The van der Waals surface area contributed by atoms with Crippen LogP contribution < -0.4 is 9.47 Å². The third kappa shape index (κ3) is 5.13. The summed E-state index contributed by atoms with van der Waals surface area (Å²) < 4.78 is 22.3. The molecule has 0 saturated heterocycles. The molecule has 0 aliphatic heterocycles. The second-order valence-electron chi connectivity index (χ2n) is 7.09. The first kappa shape index (κ1) is 21.1. The predicted octanol–water partition coefficient (Wildman–Crippen LogP) is 5.41. The van der Waals surface area contributed by atoms with Crippen molar-refractivity contribution in [1.82, 2.24) is 10.1 Å². The van der Waals surface area contributed by atoms with Gasteiger partial charge in [0.25, 0.3) is 0 Å². The molecule has 0 bridgehead atoms. The SMILES string of the molecule is Cc1noc(C)c1COc1ccc(C(=O)OCc2ccccc2Oc2cccnc2)cc1. The molecule has 0 aliphatic rings. The van der Waals surface area contributed by atoms with E-state index in [4.69, 9.17) is 18.7 Å². The highest BCUT2D eigenvalue weighted by Gasteiger charge is 2.12. The van der Waals surface area contributed by atoms with Crippen LogP contribution in [-0.4, -0.2) is 16.1 Å². The van der Waals surface area contributed by atoms with Crippen LogP contribution in [0.1, 0.15) is 32.9 Å². The number of pyridine rings is 1. The van der Waals surface area contributed by atoms with E-state index in [1.165, 1.54) is 0 Å². The molecule has 162 valence electrons. The maximum Gasteiger partial charge on any atom is 0.338 e. The molecular weight excluding hydrogens is 408 g/mol. The third-order valence-electron chi connectivity index (χ3n) is 4.85. The Labute approximate surface area is 185 Å². The highest BCUT2D eigenvalue weighted by Crippen LogP contribution is 2.25. The number of hydrogen-bond acceptors (Lipinski definition) is 7. The van der Waals surface area contributed by atoms with Crippen molar-refractivity contribution in [1.29, 1.82) is 0 Å². The topological polar surface area (TPSA) is 83.7 Å². The molecule has 2 heterocycles. The molecule has 0 fully saturated rings. The zero-order valence-electron chi connectivity index (χ0n) is 17.8. The number of rotatable bonds is 8. The number of aryl methyl sites for hydroxylation is 2. The van der Waals surface area contributed by atoms with Gasteiger partial charge in [0.2, 0.25) is 0 Å². The molecule has 0 radical (unpaired) electrons. The van der Waals surface area contributed by atoms with Crippen LogP contribution in [0.25, 0.3) is 0 Å². The van der Waals surface area contributed by atoms with E-state index in [1.807, 2.05) is 44.2 Å². The second-order valence-corrected chi connectivity index (χ2v) is 7.09. The van der Waals surface area contributed by atoms with Gasteiger partial charge in [-0.3, -0.25) is 4.98 Å². The molecule has 0 unspecified atom stereocenters. The number of ether oxygens (including phenoxy) is 3. The summed E-state index contributed by atoms with van der Waals surface area (Å²) >= 11 is 0. The summed E-state index contributed by atoms with van der Waals surface area (Å²) in [6.07, 6.45) is 3.30. The number of carbonyl (C=O) groups excluding carboxylic acids is 1. The van der Waals surface area contributed by atoms with Gasteiger partial charge in [-0.1, -0.05) is 23.4 Å². The Kier molecular flexibility index (Phi) is 6.46. The van der Waals surface area contributed by atoms with Gasteiger partial charge in [-0.2, -0.15) is 0 Å². The van der Waals surface area contributed by atoms with Crippen molar-refractivity contribution in [2.45, 2.75) is 27.1 Å². The van der Waals surface area contributed by atoms with Crippen molar-refractivity contribution in [3.05, 3.63) is 101 Å². The van der Waals surface area contributed by atoms with E-state index in [1.54, 1.807) is 42.7 Å². The number of hydrogen-bond donors (Lipinski definition) is 0. The summed E-state index contributed by atoms with van der Waals surface area (Å²) in [6.45, 7) is 4.14. The molecule has 32 heavy (non-hydrogen) atoms. The van der Waals surface area contributed by atoms with Crippen LogP contribution in [0.3, 0.4) is 0 Å². The second kappa shape index (κ2) is 9.78. The van der Waals surface area contributed by atoms with Gasteiger partial charge < -0.3 is 18.7 Å². The molecule has 0 N–H and O–H groups in total. The monoisotopic (exact) mass is 430 g/mol. The summed E-state index contributed by atoms with van der Waals surface area (Å²) in [7, 11) is 0. The first-order valence-electron chi connectivity index (χ1n) is 10.1. The third-order valence-corrected chi connectivity index (χ3v) is 4.85. The fraction of sp³-hybridized carbons (Fsp3) is 0.160. The van der Waals surface area contributed by atoms with Gasteiger partial charge in [-0.15, -0.1) is 0 Å². The van der Waals surface area contributed by atoms with Gasteiger partial charge in [0.1, 0.15) is 36.2 Å². The first-order chi connectivity index (χ1) is 15.6. The number of para-hydroxylation sites is 1. The summed E-state index contributed by atoms with van der Waals surface area (Å²) in [5.74, 6) is 2.15. The lowest BCUT2D eigenvalue weighted by Crippen LogP contribution is -2.06. The lowest BCUT2D eigenvalue weighted by molar-refractivity contribution is 0.0470. The smallest absolute Gasteiger partial charge is 0.338 e. The molecule has 2 aromatic heterocycles. The van der Waals surface area contributed by atoms with Gasteiger partial charge >= 0.3 is 5.97 Å². The maximum atomic E-state index is 12.5. The van der Waals surface area contributed by atoms with Crippen LogP contribution in [0.15, 0.2) is 77.6 Å². The van der Waals surface area contributed by atoms with Gasteiger partial charge in [0, 0.05) is 11.8 Å². The number of benzene rings is 2. The molecule has 7 heteroatoms. The van der Waals surface area contributed by atoms with Crippen molar-refractivity contribution in [3.8, 4) is 17.2 Å². The van der Waals surface area contributed by atoms with Gasteiger partial charge in [-0.25, -0.2) is 4.79 Å². The number of aromatic nitrogens is 2. The van der Waals surface area contributed by atoms with Gasteiger partial charge in [0.15, 0.2) is 0 Å². The fourth-order valence-corrected chi connectivity index (χ4v) is 3.03. The van der Waals surface area contributed by atoms with E-state index < -0.39 is 5.97 Å². The normalized spacial score (nSPS) is 10.6. The minimum Gasteiger partial charge on any atom is -0.489 e. The zero-order valence-corrected chi connectivity index (χ0v) is 17.8. The Morgan fingerprint density at radius 3 is 2.47 bits per heavy atom. The minimum absolute atomic E-state index is 0.0829. The summed E-state index contributed by atoms with van der Waals surface area (Å²) in [5.41, 5.74) is 2.90. The van der Waals surface area contributed by atoms with Crippen LogP contribution >= 0.6 is 0 Å². The van der Waals surface area contributed by atoms with E-state index in [2.05, 4.69) is 10.1 Å². The molecule has 0 amide bonds. The van der Waals surface area contributed by atoms with Crippen LogP contribution in [0, 0.1) is 13.8 Å². The van der Waals surface area contributed by atoms with Crippen molar-refractivity contribution in [2.24, 2.45) is 0 Å². The molecule has 0 aliphatic carbocycles. The quantitative estimate of drug-likeness (QED) is 0.345. The molecule has 0 atom stereocenters. The number of carbonyl (C=O) groups is 1. The number of esters is 1. The van der Waals surface area contributed by atoms with E-state index in [0.29, 0.717) is 29.4 Å². The van der Waals surface area contributed by atoms with E-state index >= 15 is 0 Å². The molecular formula is C25H22N2O5. The minimum atomic E-state index is -0.432. The largest absolute Gasteiger partial charge is 0.489 e. The fourth-order valence-electron chi connectivity index (χ4n) is 3.03. The molecule has 4 aromatic rings. The Bertz CT molecular complexity index is 1170. The first-order valence-corrected chi connectivity index (χ1v) is 10.1. The zero-order chi connectivity index (χ0) is 22.3.